The van der Waals surface area contributed by atoms with E-state index >= 15 is 0 Å². The normalized spacial score (nSPS) is 38.8. The molecule has 8 atom stereocenters. The second kappa shape index (κ2) is 9.29. The molecular weight excluding hydrogens is 456 g/mol. The quantitative estimate of drug-likeness (QED) is 0.488. The van der Waals surface area contributed by atoms with Crippen LogP contribution in [0.15, 0.2) is 60.7 Å². The first-order chi connectivity index (χ1) is 17.8. The Morgan fingerprint density at radius 1 is 0.946 bits per heavy atom. The van der Waals surface area contributed by atoms with Crippen molar-refractivity contribution in [3.8, 4) is 0 Å². The maximum absolute atomic E-state index is 13.9. The minimum absolute atomic E-state index is 0.0357. The third-order valence-electron chi connectivity index (χ3n) is 11.2. The van der Waals surface area contributed by atoms with Crippen LogP contribution in [0.5, 0.6) is 0 Å². The molecule has 4 aliphatic rings. The van der Waals surface area contributed by atoms with Crippen LogP contribution >= 0.6 is 0 Å². The third-order valence-corrected chi connectivity index (χ3v) is 11.2. The minimum atomic E-state index is -0.651. The van der Waals surface area contributed by atoms with Crippen LogP contribution in [0, 0.1) is 40.4 Å². The summed E-state index contributed by atoms with van der Waals surface area (Å²) in [6, 6.07) is 20.1. The van der Waals surface area contributed by atoms with Gasteiger partial charge < -0.3 is 10.6 Å². The molecule has 4 fully saturated rings. The van der Waals surface area contributed by atoms with E-state index in [0.717, 1.165) is 23.5 Å². The van der Waals surface area contributed by atoms with Crippen molar-refractivity contribution in [3.05, 3.63) is 71.8 Å². The van der Waals surface area contributed by atoms with E-state index in [4.69, 9.17) is 0 Å². The molecule has 2 aromatic rings. The van der Waals surface area contributed by atoms with Crippen LogP contribution < -0.4 is 10.6 Å². The standard InChI is InChI=1S/C33H42N2O2/c1-21-19-27-33(3,26-16-18-32(2)17-10-15-25(32)28(21)26)20-24(30(36)34-27)31(37)35-29(22-11-6-4-7-12-22)23-13-8-5-9-14-23/h4-9,11-14,21,24-29H,10,15-20H2,1-3H3,(H,34,36)(H,35,37)/t21?,24?,25-,26+,27?,28-,32-,33+/m0/s1. The first-order valence-electron chi connectivity index (χ1n) is 14.5. The topological polar surface area (TPSA) is 58.2 Å². The van der Waals surface area contributed by atoms with Crippen molar-refractivity contribution in [3.63, 3.8) is 0 Å². The van der Waals surface area contributed by atoms with Gasteiger partial charge in [-0.15, -0.1) is 0 Å². The zero-order valence-corrected chi connectivity index (χ0v) is 22.6. The third kappa shape index (κ3) is 4.11. The lowest BCUT2D eigenvalue weighted by Crippen LogP contribution is -2.66. The van der Waals surface area contributed by atoms with Crippen LogP contribution in [-0.2, 0) is 9.59 Å². The molecule has 2 amide bonds. The van der Waals surface area contributed by atoms with Gasteiger partial charge in [0.15, 0.2) is 0 Å². The summed E-state index contributed by atoms with van der Waals surface area (Å²) in [7, 11) is 0. The van der Waals surface area contributed by atoms with Crippen LogP contribution in [0.4, 0.5) is 0 Å². The van der Waals surface area contributed by atoms with Gasteiger partial charge in [0.05, 0.1) is 6.04 Å². The molecule has 0 radical (unpaired) electrons. The summed E-state index contributed by atoms with van der Waals surface area (Å²) in [4.78, 5) is 27.3. The van der Waals surface area contributed by atoms with Crippen LogP contribution in [0.25, 0.3) is 0 Å². The SMILES string of the molecule is CC1CC2NC(=O)C(C(=O)NC(c3ccccc3)c3ccccc3)C[C@]2(C)[C@@H]2CC[C@]3(C)CCC[C@H]3[C@H]12. The second-order valence-corrected chi connectivity index (χ2v) is 13.2. The number of benzene rings is 2. The van der Waals surface area contributed by atoms with Crippen molar-refractivity contribution in [2.24, 2.45) is 40.4 Å². The Labute approximate surface area is 222 Å². The summed E-state index contributed by atoms with van der Waals surface area (Å²) in [6.07, 6.45) is 8.31. The number of hydrogen-bond donors (Lipinski definition) is 2. The fraction of sp³-hybridized carbons (Fsp3) is 0.576. The highest BCUT2D eigenvalue weighted by Crippen LogP contribution is 2.65. The van der Waals surface area contributed by atoms with Gasteiger partial charge in [-0.2, -0.15) is 0 Å². The van der Waals surface area contributed by atoms with Gasteiger partial charge in [0.2, 0.25) is 11.8 Å². The van der Waals surface area contributed by atoms with E-state index in [9.17, 15) is 9.59 Å². The van der Waals surface area contributed by atoms with Gasteiger partial charge >= 0.3 is 0 Å². The number of rotatable bonds is 4. The van der Waals surface area contributed by atoms with Gasteiger partial charge in [-0.3, -0.25) is 9.59 Å². The Balaban J connectivity index is 1.27. The Kier molecular flexibility index (Phi) is 6.20. The molecule has 2 N–H and O–H groups in total. The molecule has 3 unspecified atom stereocenters. The molecular formula is C33H42N2O2. The number of hydrogen-bond acceptors (Lipinski definition) is 2. The first kappa shape index (κ1) is 24.7. The highest BCUT2D eigenvalue weighted by atomic mass is 16.2. The molecule has 0 aromatic heterocycles. The summed E-state index contributed by atoms with van der Waals surface area (Å²) < 4.78 is 0. The van der Waals surface area contributed by atoms with Gasteiger partial charge in [0, 0.05) is 6.04 Å². The predicted octanol–water partition coefficient (Wildman–Crippen LogP) is 6.28. The summed E-state index contributed by atoms with van der Waals surface area (Å²) in [5.41, 5.74) is 2.51. The largest absolute Gasteiger partial charge is 0.352 e. The molecule has 1 aliphatic heterocycles. The first-order valence-corrected chi connectivity index (χ1v) is 14.5. The molecule has 3 saturated carbocycles. The molecule has 0 spiro atoms. The molecule has 3 aliphatic carbocycles. The Morgan fingerprint density at radius 3 is 2.24 bits per heavy atom. The zero-order chi connectivity index (χ0) is 25.8. The van der Waals surface area contributed by atoms with Crippen LogP contribution in [0.2, 0.25) is 0 Å². The van der Waals surface area contributed by atoms with E-state index in [-0.39, 0.29) is 29.3 Å². The number of amides is 2. The van der Waals surface area contributed by atoms with E-state index in [0.29, 0.717) is 29.6 Å². The molecule has 1 heterocycles. The Hall–Kier alpha value is -2.62. The highest BCUT2D eigenvalue weighted by molar-refractivity contribution is 6.01. The molecule has 2 aromatic carbocycles. The maximum atomic E-state index is 13.9. The van der Waals surface area contributed by atoms with Crippen molar-refractivity contribution in [1.29, 1.82) is 0 Å². The second-order valence-electron chi connectivity index (χ2n) is 13.2. The fourth-order valence-corrected chi connectivity index (χ4v) is 9.23. The number of piperidine rings is 1. The van der Waals surface area contributed by atoms with Crippen molar-refractivity contribution < 1.29 is 9.59 Å². The van der Waals surface area contributed by atoms with E-state index in [2.05, 4.69) is 31.4 Å². The smallest absolute Gasteiger partial charge is 0.233 e. The number of carbonyl (C=O) groups excluding carboxylic acids is 2. The predicted molar refractivity (Wildman–Crippen MR) is 146 cm³/mol. The zero-order valence-electron chi connectivity index (χ0n) is 22.6. The number of nitrogens with one attached hydrogen (secondary N) is 2. The molecule has 4 nitrogen and oxygen atoms in total. The van der Waals surface area contributed by atoms with Crippen LogP contribution in [-0.4, -0.2) is 17.9 Å². The Morgan fingerprint density at radius 2 is 1.59 bits per heavy atom. The average molecular weight is 499 g/mol. The van der Waals surface area contributed by atoms with Crippen molar-refractivity contribution in [2.75, 3.05) is 0 Å². The monoisotopic (exact) mass is 498 g/mol. The van der Waals surface area contributed by atoms with Gasteiger partial charge in [-0.25, -0.2) is 0 Å². The van der Waals surface area contributed by atoms with Crippen LogP contribution in [0.3, 0.4) is 0 Å². The molecule has 1 saturated heterocycles. The van der Waals surface area contributed by atoms with Gasteiger partial charge in [0.25, 0.3) is 0 Å². The lowest BCUT2D eigenvalue weighted by atomic mass is 9.45. The van der Waals surface area contributed by atoms with Gasteiger partial charge in [-0.05, 0) is 84.2 Å². The minimum Gasteiger partial charge on any atom is -0.352 e. The molecule has 4 heteroatoms. The van der Waals surface area contributed by atoms with Crippen molar-refractivity contribution >= 4 is 11.8 Å². The number of fused-ring (bicyclic) bond motifs is 5. The van der Waals surface area contributed by atoms with Gasteiger partial charge in [0.1, 0.15) is 5.92 Å². The van der Waals surface area contributed by atoms with Crippen LogP contribution in [0.1, 0.15) is 82.9 Å². The lowest BCUT2D eigenvalue weighted by molar-refractivity contribution is -0.155. The average Bonchev–Trinajstić information content (AvgIpc) is 3.30. The molecule has 6 rings (SSSR count). The van der Waals surface area contributed by atoms with E-state index in [1.54, 1.807) is 0 Å². The number of carbonyl (C=O) groups is 2. The summed E-state index contributed by atoms with van der Waals surface area (Å²) in [5, 5.41) is 6.66. The molecule has 196 valence electrons. The molecule has 37 heavy (non-hydrogen) atoms. The molecule has 0 bridgehead atoms. The van der Waals surface area contributed by atoms with E-state index in [1.165, 1.54) is 32.1 Å². The van der Waals surface area contributed by atoms with Gasteiger partial charge in [-0.1, -0.05) is 87.9 Å². The maximum Gasteiger partial charge on any atom is 0.233 e. The van der Waals surface area contributed by atoms with E-state index in [1.807, 2.05) is 60.7 Å². The van der Waals surface area contributed by atoms with E-state index < -0.39 is 5.92 Å². The summed E-state index contributed by atoms with van der Waals surface area (Å²) in [6.45, 7) is 7.36. The van der Waals surface area contributed by atoms with Crippen molar-refractivity contribution in [1.82, 2.24) is 10.6 Å². The fourth-order valence-electron chi connectivity index (χ4n) is 9.23. The highest BCUT2D eigenvalue weighted by Gasteiger charge is 2.61. The lowest BCUT2D eigenvalue weighted by Gasteiger charge is -2.62. The van der Waals surface area contributed by atoms with Crippen molar-refractivity contribution in [2.45, 2.75) is 77.8 Å². The summed E-state index contributed by atoms with van der Waals surface area (Å²) >= 11 is 0. The Bertz CT molecular complexity index is 1110. The summed E-state index contributed by atoms with van der Waals surface area (Å²) in [5.74, 6) is 1.82.